The van der Waals surface area contributed by atoms with Crippen molar-refractivity contribution >= 4 is 10.1 Å². The summed E-state index contributed by atoms with van der Waals surface area (Å²) in [5, 5.41) is 2.76. The van der Waals surface area contributed by atoms with E-state index in [0.29, 0.717) is 24.8 Å². The van der Waals surface area contributed by atoms with Crippen molar-refractivity contribution in [2.24, 2.45) is 5.92 Å². The molecule has 2 N–H and O–H groups in total. The van der Waals surface area contributed by atoms with Crippen LogP contribution >= 0.6 is 0 Å². The second-order valence-electron chi connectivity index (χ2n) is 4.06. The van der Waals surface area contributed by atoms with Crippen LogP contribution in [0.5, 0.6) is 0 Å². The summed E-state index contributed by atoms with van der Waals surface area (Å²) in [7, 11) is -3.80. The van der Waals surface area contributed by atoms with Crippen molar-refractivity contribution in [3.63, 3.8) is 0 Å². The SMILES string of the molecule is O=S(=O)(O)[C@H]1CC[C@H]2CCN[C@H]2C1. The molecule has 0 unspecified atom stereocenters. The normalized spacial score (nSPS) is 40.2. The molecule has 2 aliphatic rings. The Balaban J connectivity index is 2.05. The molecule has 13 heavy (non-hydrogen) atoms. The highest BCUT2D eigenvalue weighted by atomic mass is 32.2. The smallest absolute Gasteiger partial charge is 0.267 e. The molecule has 1 heterocycles. The van der Waals surface area contributed by atoms with Crippen LogP contribution in [0.4, 0.5) is 0 Å². The first-order valence-electron chi connectivity index (χ1n) is 4.77. The van der Waals surface area contributed by atoms with Crippen molar-refractivity contribution in [2.75, 3.05) is 6.54 Å². The topological polar surface area (TPSA) is 66.4 Å². The van der Waals surface area contributed by atoms with E-state index in [1.807, 2.05) is 0 Å². The third-order valence-electron chi connectivity index (χ3n) is 3.29. The molecule has 1 saturated carbocycles. The molecule has 3 atom stereocenters. The van der Waals surface area contributed by atoms with Gasteiger partial charge in [0.25, 0.3) is 10.1 Å². The summed E-state index contributed by atoms with van der Waals surface area (Å²) in [6, 6.07) is 0.320. The molecule has 0 amide bonds. The lowest BCUT2D eigenvalue weighted by Crippen LogP contribution is -2.38. The minimum absolute atomic E-state index is 0.320. The van der Waals surface area contributed by atoms with Crippen molar-refractivity contribution in [3.8, 4) is 0 Å². The van der Waals surface area contributed by atoms with Crippen molar-refractivity contribution in [1.82, 2.24) is 5.32 Å². The fraction of sp³-hybridized carbons (Fsp3) is 1.00. The minimum atomic E-state index is -3.80. The van der Waals surface area contributed by atoms with E-state index in [1.165, 1.54) is 0 Å². The summed E-state index contributed by atoms with van der Waals surface area (Å²) < 4.78 is 30.7. The van der Waals surface area contributed by atoms with Gasteiger partial charge in [0.1, 0.15) is 0 Å². The summed E-state index contributed by atoms with van der Waals surface area (Å²) in [4.78, 5) is 0. The number of nitrogens with one attached hydrogen (secondary N) is 1. The van der Waals surface area contributed by atoms with E-state index in [0.717, 1.165) is 19.4 Å². The second-order valence-corrected chi connectivity index (χ2v) is 5.76. The lowest BCUT2D eigenvalue weighted by atomic mass is 9.85. The predicted molar refractivity (Wildman–Crippen MR) is 49.1 cm³/mol. The highest BCUT2D eigenvalue weighted by molar-refractivity contribution is 7.86. The van der Waals surface area contributed by atoms with Crippen molar-refractivity contribution in [2.45, 2.75) is 37.0 Å². The third kappa shape index (κ3) is 1.87. The fourth-order valence-electron chi connectivity index (χ4n) is 2.51. The largest absolute Gasteiger partial charge is 0.314 e. The van der Waals surface area contributed by atoms with Crippen LogP contribution in [0.3, 0.4) is 0 Å². The van der Waals surface area contributed by atoms with E-state index in [2.05, 4.69) is 5.32 Å². The van der Waals surface area contributed by atoms with Gasteiger partial charge < -0.3 is 5.32 Å². The Kier molecular flexibility index (Phi) is 2.33. The minimum Gasteiger partial charge on any atom is -0.314 e. The Bertz CT molecular complexity index is 288. The van der Waals surface area contributed by atoms with E-state index >= 15 is 0 Å². The molecule has 0 spiro atoms. The van der Waals surface area contributed by atoms with Crippen LogP contribution in [0.2, 0.25) is 0 Å². The van der Waals surface area contributed by atoms with Gasteiger partial charge in [0, 0.05) is 6.04 Å². The highest BCUT2D eigenvalue weighted by Crippen LogP contribution is 2.33. The molecule has 0 bridgehead atoms. The van der Waals surface area contributed by atoms with Gasteiger partial charge in [-0.1, -0.05) is 0 Å². The van der Waals surface area contributed by atoms with Gasteiger partial charge in [0.2, 0.25) is 0 Å². The molecule has 0 aromatic carbocycles. The van der Waals surface area contributed by atoms with Crippen molar-refractivity contribution < 1.29 is 13.0 Å². The summed E-state index contributed by atoms with van der Waals surface area (Å²) in [6.45, 7) is 0.994. The fourth-order valence-corrected chi connectivity index (χ4v) is 3.40. The van der Waals surface area contributed by atoms with E-state index in [9.17, 15) is 8.42 Å². The summed E-state index contributed by atoms with van der Waals surface area (Å²) in [6.07, 6.45) is 3.30. The molecule has 1 aliphatic carbocycles. The molecule has 0 radical (unpaired) electrons. The van der Waals surface area contributed by atoms with Gasteiger partial charge in [-0.15, -0.1) is 0 Å². The van der Waals surface area contributed by atoms with E-state index < -0.39 is 15.4 Å². The Labute approximate surface area is 78.5 Å². The first-order chi connectivity index (χ1) is 6.07. The predicted octanol–water partition coefficient (Wildman–Crippen LogP) is 0.405. The number of hydrogen-bond donors (Lipinski definition) is 2. The third-order valence-corrected chi connectivity index (χ3v) is 4.56. The number of hydrogen-bond acceptors (Lipinski definition) is 3. The Morgan fingerprint density at radius 2 is 2.00 bits per heavy atom. The van der Waals surface area contributed by atoms with Gasteiger partial charge in [0.05, 0.1) is 5.25 Å². The quantitative estimate of drug-likeness (QED) is 0.608. The van der Waals surface area contributed by atoms with Crippen LogP contribution < -0.4 is 5.32 Å². The summed E-state index contributed by atoms with van der Waals surface area (Å²) >= 11 is 0. The average Bonchev–Trinajstić information content (AvgIpc) is 2.47. The van der Waals surface area contributed by atoms with Gasteiger partial charge in [-0.3, -0.25) is 4.55 Å². The highest BCUT2D eigenvalue weighted by Gasteiger charge is 2.38. The molecule has 2 fully saturated rings. The van der Waals surface area contributed by atoms with Crippen LogP contribution in [0.15, 0.2) is 0 Å². The maximum Gasteiger partial charge on any atom is 0.267 e. The van der Waals surface area contributed by atoms with Crippen LogP contribution in [-0.4, -0.2) is 30.8 Å². The molecule has 76 valence electrons. The molecule has 1 saturated heterocycles. The molecule has 4 nitrogen and oxygen atoms in total. The van der Waals surface area contributed by atoms with Crippen molar-refractivity contribution in [1.29, 1.82) is 0 Å². The maximum atomic E-state index is 10.9. The van der Waals surface area contributed by atoms with Crippen LogP contribution in [0.25, 0.3) is 0 Å². The Morgan fingerprint density at radius 1 is 1.23 bits per heavy atom. The summed E-state index contributed by atoms with van der Waals surface area (Å²) in [5.74, 6) is 0.637. The zero-order chi connectivity index (χ0) is 9.47. The van der Waals surface area contributed by atoms with Crippen LogP contribution in [-0.2, 0) is 10.1 Å². The lowest BCUT2D eigenvalue weighted by Gasteiger charge is -2.29. The molecular formula is C8H15NO3S. The second kappa shape index (κ2) is 3.22. The van der Waals surface area contributed by atoms with E-state index in [1.54, 1.807) is 0 Å². The molecule has 2 rings (SSSR count). The van der Waals surface area contributed by atoms with Gasteiger partial charge in [0.15, 0.2) is 0 Å². The van der Waals surface area contributed by atoms with Gasteiger partial charge in [-0.25, -0.2) is 0 Å². The lowest BCUT2D eigenvalue weighted by molar-refractivity contribution is 0.315. The molecule has 5 heteroatoms. The first kappa shape index (κ1) is 9.43. The molecule has 1 aliphatic heterocycles. The summed E-state index contributed by atoms with van der Waals surface area (Å²) in [5.41, 5.74) is 0. The molecule has 0 aromatic rings. The monoisotopic (exact) mass is 205 g/mol. The van der Waals surface area contributed by atoms with E-state index in [4.69, 9.17) is 4.55 Å². The van der Waals surface area contributed by atoms with Gasteiger partial charge >= 0.3 is 0 Å². The van der Waals surface area contributed by atoms with Crippen LogP contribution in [0, 0.1) is 5.92 Å². The molecular weight excluding hydrogens is 190 g/mol. The zero-order valence-corrected chi connectivity index (χ0v) is 8.26. The first-order valence-corrected chi connectivity index (χ1v) is 6.27. The maximum absolute atomic E-state index is 10.9. The molecule has 0 aromatic heterocycles. The van der Waals surface area contributed by atoms with Crippen LogP contribution in [0.1, 0.15) is 25.7 Å². The Morgan fingerprint density at radius 3 is 2.69 bits per heavy atom. The number of rotatable bonds is 1. The van der Waals surface area contributed by atoms with Crippen molar-refractivity contribution in [3.05, 3.63) is 0 Å². The zero-order valence-electron chi connectivity index (χ0n) is 7.44. The standard InChI is InChI=1S/C8H15NO3S/c10-13(11,12)7-2-1-6-3-4-9-8(6)5-7/h6-9H,1-5H2,(H,10,11,12)/t6-,7-,8-/m0/s1. The average molecular weight is 205 g/mol. The van der Waals surface area contributed by atoms with Gasteiger partial charge in [-0.05, 0) is 38.1 Å². The number of fused-ring (bicyclic) bond motifs is 1. The Hall–Kier alpha value is -0.130. The van der Waals surface area contributed by atoms with Gasteiger partial charge in [-0.2, -0.15) is 8.42 Å². The van der Waals surface area contributed by atoms with E-state index in [-0.39, 0.29) is 0 Å².